The lowest BCUT2D eigenvalue weighted by Gasteiger charge is -2.22. The summed E-state index contributed by atoms with van der Waals surface area (Å²) in [6.07, 6.45) is 5.48. The fourth-order valence-corrected chi connectivity index (χ4v) is 3.30. The molecule has 1 amide bonds. The van der Waals surface area contributed by atoms with E-state index in [1.165, 1.54) is 0 Å². The minimum Gasteiger partial charge on any atom is -0.423 e. The number of nitrogens with one attached hydrogen (secondary N) is 1. The van der Waals surface area contributed by atoms with E-state index >= 15 is 0 Å². The van der Waals surface area contributed by atoms with Crippen LogP contribution in [0.1, 0.15) is 18.4 Å². The van der Waals surface area contributed by atoms with Crippen molar-refractivity contribution in [2.45, 2.75) is 18.9 Å². The molecule has 0 saturated carbocycles. The first kappa shape index (κ1) is 16.4. The van der Waals surface area contributed by atoms with Crippen LogP contribution >= 0.6 is 0 Å². The third kappa shape index (κ3) is 3.61. The summed E-state index contributed by atoms with van der Waals surface area (Å²) in [5.41, 5.74) is 2.67. The van der Waals surface area contributed by atoms with E-state index < -0.39 is 0 Å². The molecule has 26 heavy (non-hydrogen) atoms. The molecule has 1 atom stereocenters. The van der Waals surface area contributed by atoms with Gasteiger partial charge in [0.2, 0.25) is 5.91 Å². The van der Waals surface area contributed by atoms with E-state index in [1.54, 1.807) is 6.08 Å². The number of carbonyl (C=O) groups is 1. The third-order valence-corrected chi connectivity index (χ3v) is 4.64. The Morgan fingerprint density at radius 1 is 1.19 bits per heavy atom. The Labute approximate surface area is 152 Å². The Bertz CT molecular complexity index is 884. The van der Waals surface area contributed by atoms with Gasteiger partial charge >= 0.3 is 0 Å². The molecule has 2 aromatic carbocycles. The maximum absolute atomic E-state index is 12.1. The van der Waals surface area contributed by atoms with Gasteiger partial charge in [-0.05, 0) is 36.6 Å². The van der Waals surface area contributed by atoms with Crippen molar-refractivity contribution in [3.63, 3.8) is 0 Å². The van der Waals surface area contributed by atoms with E-state index in [0.29, 0.717) is 12.6 Å². The Morgan fingerprint density at radius 2 is 2.00 bits per heavy atom. The van der Waals surface area contributed by atoms with Gasteiger partial charge < -0.3 is 14.6 Å². The lowest BCUT2D eigenvalue weighted by molar-refractivity contribution is -0.116. The van der Waals surface area contributed by atoms with Crippen LogP contribution in [0.15, 0.2) is 65.1 Å². The average molecular weight is 347 g/mol. The van der Waals surface area contributed by atoms with Crippen LogP contribution in [0.5, 0.6) is 0 Å². The number of fused-ring (bicyclic) bond motifs is 1. The topological polar surface area (TPSA) is 58.4 Å². The molecule has 1 N–H and O–H groups in total. The molecule has 1 aliphatic heterocycles. The van der Waals surface area contributed by atoms with Crippen molar-refractivity contribution in [3.05, 3.63) is 66.2 Å². The zero-order chi connectivity index (χ0) is 17.8. The van der Waals surface area contributed by atoms with E-state index in [2.05, 4.69) is 15.2 Å². The molecule has 5 heteroatoms. The number of amides is 1. The fraction of sp³-hybridized carbons (Fsp3) is 0.238. The molecule has 1 aliphatic rings. The number of hydrogen-bond acceptors (Lipinski definition) is 4. The maximum atomic E-state index is 12.1. The Balaban J connectivity index is 1.38. The molecular weight excluding hydrogens is 326 g/mol. The van der Waals surface area contributed by atoms with E-state index in [4.69, 9.17) is 4.42 Å². The number of hydrogen-bond donors (Lipinski definition) is 1. The Kier molecular flexibility index (Phi) is 4.69. The second-order valence-electron chi connectivity index (χ2n) is 6.44. The molecule has 0 bridgehead atoms. The predicted molar refractivity (Wildman–Crippen MR) is 103 cm³/mol. The monoisotopic (exact) mass is 347 g/mol. The number of para-hydroxylation sites is 2. The summed E-state index contributed by atoms with van der Waals surface area (Å²) >= 11 is 0. The molecule has 132 valence electrons. The van der Waals surface area contributed by atoms with Crippen molar-refractivity contribution in [2.75, 3.05) is 18.0 Å². The van der Waals surface area contributed by atoms with Gasteiger partial charge in [0.1, 0.15) is 5.52 Å². The first-order valence-electron chi connectivity index (χ1n) is 8.93. The first-order valence-corrected chi connectivity index (χ1v) is 8.93. The van der Waals surface area contributed by atoms with E-state index in [9.17, 15) is 4.79 Å². The molecule has 0 aliphatic carbocycles. The van der Waals surface area contributed by atoms with E-state index in [-0.39, 0.29) is 11.9 Å². The molecule has 2 heterocycles. The van der Waals surface area contributed by atoms with Crippen LogP contribution in [0.4, 0.5) is 6.01 Å². The molecule has 4 rings (SSSR count). The second-order valence-corrected chi connectivity index (χ2v) is 6.44. The number of rotatable bonds is 5. The van der Waals surface area contributed by atoms with Gasteiger partial charge in [0.05, 0.1) is 6.04 Å². The molecule has 0 radical (unpaired) electrons. The molecule has 3 aromatic rings. The highest BCUT2D eigenvalue weighted by atomic mass is 16.4. The van der Waals surface area contributed by atoms with Crippen LogP contribution in [0.25, 0.3) is 17.2 Å². The largest absolute Gasteiger partial charge is 0.423 e. The van der Waals surface area contributed by atoms with E-state index in [0.717, 1.165) is 36.0 Å². The number of nitrogens with zero attached hydrogens (tertiary/aromatic N) is 2. The van der Waals surface area contributed by atoms with Crippen LogP contribution in [0.2, 0.25) is 0 Å². The van der Waals surface area contributed by atoms with Gasteiger partial charge in [0.15, 0.2) is 5.58 Å². The van der Waals surface area contributed by atoms with Crippen LogP contribution in [-0.4, -0.2) is 30.0 Å². The van der Waals surface area contributed by atoms with Crippen LogP contribution in [0, 0.1) is 0 Å². The van der Waals surface area contributed by atoms with Crippen LogP contribution in [0.3, 0.4) is 0 Å². The van der Waals surface area contributed by atoms with Crippen LogP contribution < -0.4 is 10.2 Å². The molecule has 1 unspecified atom stereocenters. The summed E-state index contributed by atoms with van der Waals surface area (Å²) in [6, 6.07) is 18.4. The van der Waals surface area contributed by atoms with E-state index in [1.807, 2.05) is 60.7 Å². The minimum absolute atomic E-state index is 0.0849. The quantitative estimate of drug-likeness (QED) is 0.716. The Hall–Kier alpha value is -3.08. The number of oxazole rings is 1. The van der Waals surface area contributed by atoms with Crippen molar-refractivity contribution < 1.29 is 9.21 Å². The van der Waals surface area contributed by atoms with Gasteiger partial charge in [0, 0.05) is 19.2 Å². The molecule has 1 saturated heterocycles. The van der Waals surface area contributed by atoms with Crippen molar-refractivity contribution in [1.29, 1.82) is 0 Å². The highest BCUT2D eigenvalue weighted by molar-refractivity contribution is 5.91. The lowest BCUT2D eigenvalue weighted by atomic mass is 10.2. The molecule has 1 aromatic heterocycles. The SMILES string of the molecule is O=C(C=Cc1ccccc1)NCC1CCCN1c1nc2ccccc2o1. The smallest absolute Gasteiger partial charge is 0.298 e. The number of carbonyl (C=O) groups excluding carboxylic acids is 1. The Morgan fingerprint density at radius 3 is 2.85 bits per heavy atom. The molecule has 5 nitrogen and oxygen atoms in total. The number of anilines is 1. The molecule has 1 fully saturated rings. The fourth-order valence-electron chi connectivity index (χ4n) is 3.30. The zero-order valence-electron chi connectivity index (χ0n) is 14.5. The number of benzene rings is 2. The van der Waals surface area contributed by atoms with Gasteiger partial charge in [-0.1, -0.05) is 42.5 Å². The molecular formula is C21H21N3O2. The summed E-state index contributed by atoms with van der Waals surface area (Å²) in [6.45, 7) is 1.48. The van der Waals surface area contributed by atoms with Crippen molar-refractivity contribution in [3.8, 4) is 0 Å². The number of aromatic nitrogens is 1. The van der Waals surface area contributed by atoms with Gasteiger partial charge in [-0.15, -0.1) is 0 Å². The first-order chi connectivity index (χ1) is 12.8. The second kappa shape index (κ2) is 7.44. The lowest BCUT2D eigenvalue weighted by Crippen LogP contribution is -2.39. The summed E-state index contributed by atoms with van der Waals surface area (Å²) in [5, 5.41) is 2.99. The summed E-state index contributed by atoms with van der Waals surface area (Å²) in [4.78, 5) is 18.8. The van der Waals surface area contributed by atoms with Crippen molar-refractivity contribution in [2.24, 2.45) is 0 Å². The normalized spacial score (nSPS) is 17.2. The summed E-state index contributed by atoms with van der Waals surface area (Å²) in [5.74, 6) is -0.0849. The molecule has 0 spiro atoms. The van der Waals surface area contributed by atoms with Crippen molar-refractivity contribution in [1.82, 2.24) is 10.3 Å². The predicted octanol–water partition coefficient (Wildman–Crippen LogP) is 3.63. The van der Waals surface area contributed by atoms with Crippen LogP contribution in [-0.2, 0) is 4.79 Å². The van der Waals surface area contributed by atoms with Gasteiger partial charge in [-0.25, -0.2) is 0 Å². The maximum Gasteiger partial charge on any atom is 0.298 e. The van der Waals surface area contributed by atoms with Gasteiger partial charge in [0.25, 0.3) is 6.01 Å². The average Bonchev–Trinajstić information content (AvgIpc) is 3.31. The van der Waals surface area contributed by atoms with Gasteiger partial charge in [-0.2, -0.15) is 4.98 Å². The minimum atomic E-state index is -0.0849. The summed E-state index contributed by atoms with van der Waals surface area (Å²) < 4.78 is 5.88. The highest BCUT2D eigenvalue weighted by Gasteiger charge is 2.28. The summed E-state index contributed by atoms with van der Waals surface area (Å²) in [7, 11) is 0. The third-order valence-electron chi connectivity index (χ3n) is 4.64. The highest BCUT2D eigenvalue weighted by Crippen LogP contribution is 2.27. The zero-order valence-corrected chi connectivity index (χ0v) is 14.5. The standard InChI is InChI=1S/C21H21N3O2/c25-20(13-12-16-7-2-1-3-8-16)22-15-17-9-6-14-24(17)21-23-18-10-4-5-11-19(18)26-21/h1-5,7-8,10-13,17H,6,9,14-15H2,(H,22,25). The van der Waals surface area contributed by atoms with Gasteiger partial charge in [-0.3, -0.25) is 4.79 Å². The van der Waals surface area contributed by atoms with Crippen molar-refractivity contribution >= 4 is 29.1 Å².